The lowest BCUT2D eigenvalue weighted by molar-refractivity contribution is 0.183. The SMILES string of the molecule is Cc1cc(O)c(CN2CCC(C)CC2)cc1C. The molecule has 1 aromatic rings. The summed E-state index contributed by atoms with van der Waals surface area (Å²) in [5, 5.41) is 9.97. The number of likely N-dealkylation sites (tertiary alicyclic amines) is 1. The molecule has 2 heteroatoms. The number of nitrogens with zero attached hydrogens (tertiary/aromatic N) is 1. The fourth-order valence-corrected chi connectivity index (χ4v) is 2.45. The summed E-state index contributed by atoms with van der Waals surface area (Å²) in [5.41, 5.74) is 3.50. The minimum absolute atomic E-state index is 0.451. The van der Waals surface area contributed by atoms with E-state index in [0.717, 1.165) is 31.1 Å². The predicted molar refractivity (Wildman–Crippen MR) is 71.3 cm³/mol. The highest BCUT2D eigenvalue weighted by Crippen LogP contribution is 2.25. The number of phenols is 1. The summed E-state index contributed by atoms with van der Waals surface area (Å²) in [7, 11) is 0. The maximum Gasteiger partial charge on any atom is 0.120 e. The zero-order valence-electron chi connectivity index (χ0n) is 11.2. The van der Waals surface area contributed by atoms with Crippen molar-refractivity contribution < 1.29 is 5.11 Å². The van der Waals surface area contributed by atoms with Crippen LogP contribution in [0.4, 0.5) is 0 Å². The van der Waals surface area contributed by atoms with Crippen molar-refractivity contribution in [2.75, 3.05) is 13.1 Å². The third-order valence-corrected chi connectivity index (χ3v) is 3.97. The first-order valence-electron chi connectivity index (χ1n) is 6.57. The molecule has 1 N–H and O–H groups in total. The van der Waals surface area contributed by atoms with Crippen molar-refractivity contribution in [1.29, 1.82) is 0 Å². The molecule has 94 valence electrons. The summed E-state index contributed by atoms with van der Waals surface area (Å²) >= 11 is 0. The first-order valence-corrected chi connectivity index (χ1v) is 6.57. The molecule has 0 aliphatic carbocycles. The molecule has 0 atom stereocenters. The van der Waals surface area contributed by atoms with Crippen LogP contribution in [-0.4, -0.2) is 23.1 Å². The lowest BCUT2D eigenvalue weighted by Crippen LogP contribution is -2.32. The Hall–Kier alpha value is -1.02. The summed E-state index contributed by atoms with van der Waals surface area (Å²) in [4.78, 5) is 2.45. The topological polar surface area (TPSA) is 23.5 Å². The van der Waals surface area contributed by atoms with E-state index < -0.39 is 0 Å². The second-order valence-electron chi connectivity index (χ2n) is 5.52. The molecule has 1 aromatic carbocycles. The molecule has 0 unspecified atom stereocenters. The van der Waals surface area contributed by atoms with Gasteiger partial charge in [0.15, 0.2) is 0 Å². The van der Waals surface area contributed by atoms with Gasteiger partial charge in [0.25, 0.3) is 0 Å². The van der Waals surface area contributed by atoms with Gasteiger partial charge < -0.3 is 5.11 Å². The van der Waals surface area contributed by atoms with E-state index >= 15 is 0 Å². The Bertz CT molecular complexity index is 392. The van der Waals surface area contributed by atoms with Crippen molar-refractivity contribution in [3.63, 3.8) is 0 Å². The average Bonchev–Trinajstić information content (AvgIpc) is 2.29. The first-order chi connectivity index (χ1) is 8.06. The Labute approximate surface area is 104 Å². The van der Waals surface area contributed by atoms with Crippen molar-refractivity contribution in [2.45, 2.75) is 40.2 Å². The lowest BCUT2D eigenvalue weighted by atomic mass is 9.98. The van der Waals surface area contributed by atoms with Crippen molar-refractivity contribution in [3.8, 4) is 5.75 Å². The van der Waals surface area contributed by atoms with Gasteiger partial charge >= 0.3 is 0 Å². The molecule has 0 saturated carbocycles. The van der Waals surface area contributed by atoms with E-state index in [1.54, 1.807) is 0 Å². The average molecular weight is 233 g/mol. The van der Waals surface area contributed by atoms with Gasteiger partial charge in [-0.15, -0.1) is 0 Å². The van der Waals surface area contributed by atoms with Crippen LogP contribution >= 0.6 is 0 Å². The van der Waals surface area contributed by atoms with Gasteiger partial charge in [-0.3, -0.25) is 4.90 Å². The van der Waals surface area contributed by atoms with E-state index in [9.17, 15) is 5.11 Å². The van der Waals surface area contributed by atoms with Crippen LogP contribution in [0.15, 0.2) is 12.1 Å². The van der Waals surface area contributed by atoms with Gasteiger partial charge in [0, 0.05) is 12.1 Å². The summed E-state index contributed by atoms with van der Waals surface area (Å²) in [6.07, 6.45) is 2.57. The van der Waals surface area contributed by atoms with Gasteiger partial charge in [-0.05, 0) is 62.9 Å². The Morgan fingerprint density at radius 2 is 1.76 bits per heavy atom. The molecule has 1 saturated heterocycles. The van der Waals surface area contributed by atoms with Crippen molar-refractivity contribution in [2.24, 2.45) is 5.92 Å². The molecule has 0 aromatic heterocycles. The second-order valence-corrected chi connectivity index (χ2v) is 5.52. The maximum absolute atomic E-state index is 9.97. The smallest absolute Gasteiger partial charge is 0.120 e. The number of rotatable bonds is 2. The minimum atomic E-state index is 0.451. The quantitative estimate of drug-likeness (QED) is 0.847. The fraction of sp³-hybridized carbons (Fsp3) is 0.600. The van der Waals surface area contributed by atoms with Crippen LogP contribution in [0.25, 0.3) is 0 Å². The van der Waals surface area contributed by atoms with E-state index in [1.807, 2.05) is 13.0 Å². The largest absolute Gasteiger partial charge is 0.508 e. The summed E-state index contributed by atoms with van der Waals surface area (Å²) in [6, 6.07) is 4.01. The summed E-state index contributed by atoms with van der Waals surface area (Å²) in [5.74, 6) is 1.31. The molecule has 1 aliphatic heterocycles. The van der Waals surface area contributed by atoms with E-state index in [2.05, 4.69) is 24.8 Å². The molecular weight excluding hydrogens is 210 g/mol. The van der Waals surface area contributed by atoms with Crippen LogP contribution in [0.3, 0.4) is 0 Å². The zero-order valence-corrected chi connectivity index (χ0v) is 11.2. The number of phenolic OH excluding ortho intramolecular Hbond substituents is 1. The van der Waals surface area contributed by atoms with Crippen molar-refractivity contribution in [3.05, 3.63) is 28.8 Å². The maximum atomic E-state index is 9.97. The van der Waals surface area contributed by atoms with E-state index in [0.29, 0.717) is 5.75 Å². The Morgan fingerprint density at radius 1 is 1.18 bits per heavy atom. The van der Waals surface area contributed by atoms with Crippen molar-refractivity contribution >= 4 is 0 Å². The summed E-state index contributed by atoms with van der Waals surface area (Å²) in [6.45, 7) is 9.68. The Kier molecular flexibility index (Phi) is 3.72. The van der Waals surface area contributed by atoms with Gasteiger partial charge in [-0.25, -0.2) is 0 Å². The number of aromatic hydroxyl groups is 1. The number of hydrogen-bond acceptors (Lipinski definition) is 2. The van der Waals surface area contributed by atoms with Crippen LogP contribution < -0.4 is 0 Å². The van der Waals surface area contributed by atoms with Crippen LogP contribution in [0.2, 0.25) is 0 Å². The van der Waals surface area contributed by atoms with Gasteiger partial charge in [-0.2, -0.15) is 0 Å². The lowest BCUT2D eigenvalue weighted by Gasteiger charge is -2.30. The Morgan fingerprint density at radius 3 is 2.41 bits per heavy atom. The second kappa shape index (κ2) is 5.09. The predicted octanol–water partition coefficient (Wildman–Crippen LogP) is 3.24. The monoisotopic (exact) mass is 233 g/mol. The molecule has 0 bridgehead atoms. The molecule has 0 amide bonds. The number of hydrogen-bond donors (Lipinski definition) is 1. The Balaban J connectivity index is 2.06. The number of aryl methyl sites for hydroxylation is 2. The zero-order chi connectivity index (χ0) is 12.4. The first kappa shape index (κ1) is 12.4. The highest BCUT2D eigenvalue weighted by atomic mass is 16.3. The molecule has 1 heterocycles. The molecular formula is C15H23NO. The van der Waals surface area contributed by atoms with Gasteiger partial charge in [0.1, 0.15) is 5.75 Å². The molecule has 1 fully saturated rings. The number of benzene rings is 1. The molecule has 0 spiro atoms. The molecule has 0 radical (unpaired) electrons. The third-order valence-electron chi connectivity index (χ3n) is 3.97. The molecule has 2 nitrogen and oxygen atoms in total. The van der Waals surface area contributed by atoms with E-state index in [1.165, 1.54) is 24.0 Å². The van der Waals surface area contributed by atoms with Crippen LogP contribution in [0.1, 0.15) is 36.5 Å². The standard InChI is InChI=1S/C15H23NO/c1-11-4-6-16(7-5-11)10-14-8-12(2)13(3)9-15(14)17/h8-9,11,17H,4-7,10H2,1-3H3. The third kappa shape index (κ3) is 3.01. The number of piperidine rings is 1. The van der Waals surface area contributed by atoms with Crippen LogP contribution in [-0.2, 0) is 6.54 Å². The van der Waals surface area contributed by atoms with Gasteiger partial charge in [-0.1, -0.05) is 13.0 Å². The van der Waals surface area contributed by atoms with Crippen LogP contribution in [0, 0.1) is 19.8 Å². The molecule has 17 heavy (non-hydrogen) atoms. The summed E-state index contributed by atoms with van der Waals surface area (Å²) < 4.78 is 0. The highest BCUT2D eigenvalue weighted by molar-refractivity contribution is 5.40. The van der Waals surface area contributed by atoms with Gasteiger partial charge in [0.05, 0.1) is 0 Å². The molecule has 1 aliphatic rings. The fourth-order valence-electron chi connectivity index (χ4n) is 2.45. The van der Waals surface area contributed by atoms with Crippen LogP contribution in [0.5, 0.6) is 5.75 Å². The minimum Gasteiger partial charge on any atom is -0.508 e. The van der Waals surface area contributed by atoms with E-state index in [-0.39, 0.29) is 0 Å². The highest BCUT2D eigenvalue weighted by Gasteiger charge is 2.17. The molecule has 2 rings (SSSR count). The van der Waals surface area contributed by atoms with E-state index in [4.69, 9.17) is 0 Å². The normalized spacial score (nSPS) is 18.5. The van der Waals surface area contributed by atoms with Gasteiger partial charge in [0.2, 0.25) is 0 Å². The van der Waals surface area contributed by atoms with Crippen molar-refractivity contribution in [1.82, 2.24) is 4.90 Å².